The summed E-state index contributed by atoms with van der Waals surface area (Å²) in [5, 5.41) is 9.50. The van der Waals surface area contributed by atoms with Gasteiger partial charge in [0.2, 0.25) is 5.91 Å². The molecule has 1 heterocycles. The fourth-order valence-electron chi connectivity index (χ4n) is 2.67. The van der Waals surface area contributed by atoms with Gasteiger partial charge in [-0.3, -0.25) is 4.79 Å². The molecule has 1 amide bonds. The maximum Gasteiger partial charge on any atom is 0.335 e. The van der Waals surface area contributed by atoms with Crippen molar-refractivity contribution in [2.75, 3.05) is 18.1 Å². The van der Waals surface area contributed by atoms with E-state index in [0.29, 0.717) is 30.3 Å². The average molecular weight is 346 g/mol. The van der Waals surface area contributed by atoms with Gasteiger partial charge in [0.1, 0.15) is 5.75 Å². The van der Waals surface area contributed by atoms with Crippen LogP contribution in [0, 0.1) is 5.92 Å². The van der Waals surface area contributed by atoms with Crippen LogP contribution in [0.1, 0.15) is 16.8 Å². The third kappa shape index (κ3) is 3.68. The van der Waals surface area contributed by atoms with E-state index in [1.165, 1.54) is 12.1 Å². The maximum atomic E-state index is 12.2. The fraction of sp³-hybridized carbons (Fsp3) is 0.222. The van der Waals surface area contributed by atoms with Crippen LogP contribution in [0.4, 0.5) is 5.69 Å². The molecule has 1 N–H and O–H groups in total. The van der Waals surface area contributed by atoms with E-state index >= 15 is 0 Å². The zero-order chi connectivity index (χ0) is 17.1. The minimum Gasteiger partial charge on any atom is -0.493 e. The quantitative estimate of drug-likeness (QED) is 0.901. The third-order valence-electron chi connectivity index (χ3n) is 3.93. The summed E-state index contributed by atoms with van der Waals surface area (Å²) in [5.74, 6) is -0.224. The summed E-state index contributed by atoms with van der Waals surface area (Å²) in [5.41, 5.74) is 1.05. The molecule has 1 atom stereocenters. The number of hydrogen-bond donors (Lipinski definition) is 1. The van der Waals surface area contributed by atoms with Gasteiger partial charge in [-0.15, -0.1) is 0 Å². The van der Waals surface area contributed by atoms with E-state index in [0.717, 1.165) is 5.69 Å². The Balaban J connectivity index is 1.58. The number of carbonyl (C=O) groups is 2. The topological polar surface area (TPSA) is 66.8 Å². The zero-order valence-corrected chi connectivity index (χ0v) is 13.6. The van der Waals surface area contributed by atoms with E-state index < -0.39 is 5.97 Å². The second-order valence-corrected chi connectivity index (χ2v) is 6.13. The summed E-state index contributed by atoms with van der Waals surface area (Å²) < 4.78 is 5.68. The van der Waals surface area contributed by atoms with Crippen molar-refractivity contribution < 1.29 is 19.4 Å². The normalized spacial score (nSPS) is 17.1. The second kappa shape index (κ2) is 6.93. The van der Waals surface area contributed by atoms with Gasteiger partial charge < -0.3 is 14.7 Å². The molecule has 0 aromatic heterocycles. The first-order valence-electron chi connectivity index (χ1n) is 7.55. The predicted molar refractivity (Wildman–Crippen MR) is 90.8 cm³/mol. The number of benzene rings is 2. The molecular weight excluding hydrogens is 330 g/mol. The number of carbonyl (C=O) groups excluding carboxylic acids is 1. The highest BCUT2D eigenvalue weighted by Gasteiger charge is 2.31. The molecule has 1 aliphatic heterocycles. The number of carboxylic acid groups (broad SMARTS) is 1. The summed E-state index contributed by atoms with van der Waals surface area (Å²) in [7, 11) is 0. The van der Waals surface area contributed by atoms with E-state index in [-0.39, 0.29) is 17.4 Å². The van der Waals surface area contributed by atoms with Gasteiger partial charge in [0.05, 0.1) is 12.2 Å². The van der Waals surface area contributed by atoms with Gasteiger partial charge in [-0.1, -0.05) is 11.6 Å². The highest BCUT2D eigenvalue weighted by Crippen LogP contribution is 2.27. The van der Waals surface area contributed by atoms with E-state index in [9.17, 15) is 9.59 Å². The Morgan fingerprint density at radius 1 is 1.17 bits per heavy atom. The Kier molecular flexibility index (Phi) is 4.71. The number of anilines is 1. The molecule has 1 saturated heterocycles. The molecule has 0 aliphatic carbocycles. The van der Waals surface area contributed by atoms with Gasteiger partial charge in [-0.05, 0) is 48.5 Å². The van der Waals surface area contributed by atoms with E-state index in [1.807, 2.05) is 12.1 Å². The molecule has 3 rings (SSSR count). The summed E-state index contributed by atoms with van der Waals surface area (Å²) >= 11 is 5.87. The predicted octanol–water partition coefficient (Wildman–Crippen LogP) is 3.47. The molecule has 1 aliphatic rings. The lowest BCUT2D eigenvalue weighted by Gasteiger charge is -2.17. The molecule has 0 saturated carbocycles. The number of amides is 1. The monoisotopic (exact) mass is 345 g/mol. The Morgan fingerprint density at radius 3 is 2.46 bits per heavy atom. The van der Waals surface area contributed by atoms with Gasteiger partial charge in [-0.2, -0.15) is 0 Å². The molecule has 2 aromatic carbocycles. The number of rotatable bonds is 5. The molecular formula is C18H16ClNO4. The van der Waals surface area contributed by atoms with Crippen LogP contribution >= 0.6 is 11.6 Å². The Bertz CT molecular complexity index is 743. The molecule has 124 valence electrons. The molecule has 1 unspecified atom stereocenters. The van der Waals surface area contributed by atoms with Crippen molar-refractivity contribution in [3.05, 3.63) is 59.1 Å². The highest BCUT2D eigenvalue weighted by atomic mass is 35.5. The van der Waals surface area contributed by atoms with Gasteiger partial charge in [-0.25, -0.2) is 4.79 Å². The highest BCUT2D eigenvalue weighted by molar-refractivity contribution is 6.30. The van der Waals surface area contributed by atoms with Crippen molar-refractivity contribution in [2.45, 2.75) is 6.42 Å². The van der Waals surface area contributed by atoms with Gasteiger partial charge in [0, 0.05) is 29.6 Å². The van der Waals surface area contributed by atoms with Crippen LogP contribution in [0.2, 0.25) is 5.02 Å². The molecule has 6 heteroatoms. The maximum absolute atomic E-state index is 12.2. The van der Waals surface area contributed by atoms with Crippen LogP contribution in [-0.4, -0.2) is 30.1 Å². The Hall–Kier alpha value is -2.53. The first kappa shape index (κ1) is 16.3. The molecule has 0 radical (unpaired) electrons. The van der Waals surface area contributed by atoms with Gasteiger partial charge in [0.15, 0.2) is 0 Å². The van der Waals surface area contributed by atoms with Gasteiger partial charge in [0.25, 0.3) is 0 Å². The zero-order valence-electron chi connectivity index (χ0n) is 12.8. The van der Waals surface area contributed by atoms with Crippen molar-refractivity contribution in [1.82, 2.24) is 0 Å². The van der Waals surface area contributed by atoms with Crippen LogP contribution in [0.5, 0.6) is 5.75 Å². The SMILES string of the molecule is O=C(O)c1ccc(OCC2CC(=O)N(c3ccc(Cl)cc3)C2)cc1. The van der Waals surface area contributed by atoms with Crippen molar-refractivity contribution in [1.29, 1.82) is 0 Å². The number of halogens is 1. The van der Waals surface area contributed by atoms with Crippen LogP contribution in [0.15, 0.2) is 48.5 Å². The van der Waals surface area contributed by atoms with Crippen LogP contribution in [0.25, 0.3) is 0 Å². The minimum atomic E-state index is -0.971. The summed E-state index contributed by atoms with van der Waals surface area (Å²) in [6.07, 6.45) is 0.426. The smallest absolute Gasteiger partial charge is 0.335 e. The van der Waals surface area contributed by atoms with E-state index in [1.54, 1.807) is 29.2 Å². The standard InChI is InChI=1S/C18H16ClNO4/c19-14-3-5-15(6-4-14)20-10-12(9-17(20)21)11-24-16-7-1-13(2-8-16)18(22)23/h1-8,12H,9-11H2,(H,22,23). The second-order valence-electron chi connectivity index (χ2n) is 5.69. The van der Waals surface area contributed by atoms with E-state index in [2.05, 4.69) is 0 Å². The number of aromatic carboxylic acids is 1. The molecule has 2 aromatic rings. The minimum absolute atomic E-state index is 0.0622. The van der Waals surface area contributed by atoms with Crippen molar-refractivity contribution in [3.8, 4) is 5.75 Å². The number of nitrogens with zero attached hydrogens (tertiary/aromatic N) is 1. The summed E-state index contributed by atoms with van der Waals surface area (Å²) in [6.45, 7) is 0.996. The fourth-order valence-corrected chi connectivity index (χ4v) is 2.80. The Labute approximate surface area is 144 Å². The number of carboxylic acids is 1. The summed E-state index contributed by atoms with van der Waals surface area (Å²) in [6, 6.07) is 13.4. The lowest BCUT2D eigenvalue weighted by molar-refractivity contribution is -0.117. The third-order valence-corrected chi connectivity index (χ3v) is 4.18. The molecule has 0 bridgehead atoms. The van der Waals surface area contributed by atoms with E-state index in [4.69, 9.17) is 21.4 Å². The first-order chi connectivity index (χ1) is 11.5. The molecule has 1 fully saturated rings. The largest absolute Gasteiger partial charge is 0.493 e. The summed E-state index contributed by atoms with van der Waals surface area (Å²) in [4.78, 5) is 24.7. The lowest BCUT2D eigenvalue weighted by Crippen LogP contribution is -2.25. The van der Waals surface area contributed by atoms with Crippen LogP contribution < -0.4 is 9.64 Å². The lowest BCUT2D eigenvalue weighted by atomic mass is 10.1. The van der Waals surface area contributed by atoms with Crippen molar-refractivity contribution in [2.24, 2.45) is 5.92 Å². The molecule has 0 spiro atoms. The van der Waals surface area contributed by atoms with Crippen molar-refractivity contribution >= 4 is 29.2 Å². The van der Waals surface area contributed by atoms with Crippen LogP contribution in [0.3, 0.4) is 0 Å². The van der Waals surface area contributed by atoms with Crippen LogP contribution in [-0.2, 0) is 4.79 Å². The molecule has 5 nitrogen and oxygen atoms in total. The van der Waals surface area contributed by atoms with Crippen molar-refractivity contribution in [3.63, 3.8) is 0 Å². The first-order valence-corrected chi connectivity index (χ1v) is 7.93. The average Bonchev–Trinajstić information content (AvgIpc) is 2.95. The number of hydrogen-bond acceptors (Lipinski definition) is 3. The number of ether oxygens (including phenoxy) is 1. The van der Waals surface area contributed by atoms with Gasteiger partial charge >= 0.3 is 5.97 Å². The molecule has 24 heavy (non-hydrogen) atoms. The Morgan fingerprint density at radius 2 is 1.83 bits per heavy atom.